The molecule has 0 aliphatic rings. The van der Waals surface area contributed by atoms with E-state index in [1.165, 1.54) is 20.2 Å². The first-order valence-electron chi connectivity index (χ1n) is 5.26. The highest BCUT2D eigenvalue weighted by molar-refractivity contribution is 5.36. The minimum atomic E-state index is -2.86. The highest BCUT2D eigenvalue weighted by atomic mass is 19.3. The molecule has 0 atom stereocenters. The van der Waals surface area contributed by atoms with Crippen molar-refractivity contribution in [1.82, 2.24) is 4.98 Å². The molecule has 4 nitrogen and oxygen atoms in total. The van der Waals surface area contributed by atoms with Crippen LogP contribution in [0.2, 0.25) is 0 Å². The number of hydrogen-bond acceptors (Lipinski definition) is 4. The third-order valence-corrected chi connectivity index (χ3v) is 2.27. The van der Waals surface area contributed by atoms with Crippen LogP contribution in [0.1, 0.15) is 18.9 Å². The summed E-state index contributed by atoms with van der Waals surface area (Å²) in [6, 6.07) is 1.62. The highest BCUT2D eigenvalue weighted by Crippen LogP contribution is 2.27. The number of rotatable bonds is 6. The van der Waals surface area contributed by atoms with E-state index in [0.29, 0.717) is 12.3 Å². The number of pyridine rings is 1. The Hall–Kier alpha value is -1.43. The summed E-state index contributed by atoms with van der Waals surface area (Å²) in [6.45, 7) is 0.981. The summed E-state index contributed by atoms with van der Waals surface area (Å²) in [4.78, 5) is 3.90. The fraction of sp³-hybridized carbons (Fsp3) is 0.545. The third kappa shape index (κ3) is 3.81. The van der Waals surface area contributed by atoms with Gasteiger partial charge in [-0.05, 0) is 11.6 Å². The molecule has 0 amide bonds. The van der Waals surface area contributed by atoms with E-state index >= 15 is 0 Å². The Balaban J connectivity index is 2.77. The molecule has 0 saturated carbocycles. The number of nitrogens with two attached hydrogens (primary N) is 1. The van der Waals surface area contributed by atoms with Crippen molar-refractivity contribution in [3.05, 3.63) is 17.8 Å². The van der Waals surface area contributed by atoms with Crippen molar-refractivity contribution in [2.45, 2.75) is 25.8 Å². The number of aromatic nitrogens is 1. The van der Waals surface area contributed by atoms with Crippen molar-refractivity contribution < 1.29 is 18.3 Å². The van der Waals surface area contributed by atoms with Gasteiger partial charge in [-0.1, -0.05) is 6.92 Å². The fourth-order valence-electron chi connectivity index (χ4n) is 1.11. The topological polar surface area (TPSA) is 57.4 Å². The number of hydrogen-bond donors (Lipinski definition) is 1. The predicted octanol–water partition coefficient (Wildman–Crippen LogP) is 1.97. The molecule has 0 bridgehead atoms. The van der Waals surface area contributed by atoms with Gasteiger partial charge in [-0.3, -0.25) is 0 Å². The average molecular weight is 246 g/mol. The fourth-order valence-corrected chi connectivity index (χ4v) is 1.11. The van der Waals surface area contributed by atoms with Gasteiger partial charge in [0, 0.05) is 19.2 Å². The lowest BCUT2D eigenvalue weighted by atomic mass is 10.2. The number of nitrogens with zero attached hydrogens (tertiary/aromatic N) is 1. The monoisotopic (exact) mass is 246 g/mol. The molecule has 1 aromatic rings. The van der Waals surface area contributed by atoms with Gasteiger partial charge in [-0.2, -0.15) is 0 Å². The maximum absolute atomic E-state index is 13.0. The molecule has 0 aliphatic carbocycles. The predicted molar refractivity (Wildman–Crippen MR) is 59.4 cm³/mol. The Morgan fingerprint density at radius 2 is 2.18 bits per heavy atom. The first kappa shape index (κ1) is 13.6. The largest absolute Gasteiger partial charge is 0.491 e. The quantitative estimate of drug-likeness (QED) is 0.833. The van der Waals surface area contributed by atoms with Crippen LogP contribution in [-0.2, 0) is 6.54 Å². The molecule has 0 fully saturated rings. The molecule has 0 unspecified atom stereocenters. The van der Waals surface area contributed by atoms with E-state index in [1.807, 2.05) is 0 Å². The van der Waals surface area contributed by atoms with Gasteiger partial charge in [0.15, 0.2) is 12.4 Å². The van der Waals surface area contributed by atoms with Gasteiger partial charge in [0.25, 0.3) is 11.8 Å². The summed E-state index contributed by atoms with van der Waals surface area (Å²) in [7, 11) is 1.42. The summed E-state index contributed by atoms with van der Waals surface area (Å²) in [5.74, 6) is -2.50. The standard InChI is InChI=1S/C11H16F2N2O2/c1-3-11(12,13)7-17-10-9(16-2)4-8(5-14)6-15-10/h4,6H,3,5,7,14H2,1-2H3. The summed E-state index contributed by atoms with van der Waals surface area (Å²) in [5, 5.41) is 0. The minimum absolute atomic E-state index is 0.0535. The Kier molecular flexibility index (Phi) is 4.62. The lowest BCUT2D eigenvalue weighted by molar-refractivity contribution is -0.0452. The van der Waals surface area contributed by atoms with Crippen LogP contribution in [0.3, 0.4) is 0 Å². The first-order valence-corrected chi connectivity index (χ1v) is 5.26. The Bertz CT molecular complexity index is 372. The van der Waals surface area contributed by atoms with Crippen molar-refractivity contribution in [2.75, 3.05) is 13.7 Å². The van der Waals surface area contributed by atoms with Crippen LogP contribution in [0.5, 0.6) is 11.6 Å². The number of ether oxygens (including phenoxy) is 2. The molecule has 6 heteroatoms. The van der Waals surface area contributed by atoms with Crippen LogP contribution in [0, 0.1) is 0 Å². The molecular formula is C11H16F2N2O2. The van der Waals surface area contributed by atoms with Crippen LogP contribution in [0.15, 0.2) is 12.3 Å². The van der Waals surface area contributed by atoms with Gasteiger partial charge in [-0.25, -0.2) is 13.8 Å². The summed E-state index contributed by atoms with van der Waals surface area (Å²) >= 11 is 0. The molecule has 0 aromatic carbocycles. The smallest absolute Gasteiger partial charge is 0.281 e. The molecule has 96 valence electrons. The molecule has 2 N–H and O–H groups in total. The van der Waals surface area contributed by atoms with Crippen LogP contribution >= 0.6 is 0 Å². The van der Waals surface area contributed by atoms with Gasteiger partial charge < -0.3 is 15.2 Å². The molecule has 0 aliphatic heterocycles. The second-order valence-corrected chi connectivity index (χ2v) is 3.55. The number of halogens is 2. The maximum Gasteiger partial charge on any atom is 0.281 e. The van der Waals surface area contributed by atoms with Crippen LogP contribution in [-0.4, -0.2) is 24.6 Å². The summed E-state index contributed by atoms with van der Waals surface area (Å²) in [6.07, 6.45) is 1.19. The van der Waals surface area contributed by atoms with E-state index in [0.717, 1.165) is 5.56 Å². The lowest BCUT2D eigenvalue weighted by Gasteiger charge is -2.16. The Labute approximate surface area is 98.7 Å². The zero-order valence-electron chi connectivity index (χ0n) is 9.87. The maximum atomic E-state index is 13.0. The molecular weight excluding hydrogens is 230 g/mol. The van der Waals surface area contributed by atoms with E-state index in [2.05, 4.69) is 4.98 Å². The van der Waals surface area contributed by atoms with Crippen LogP contribution < -0.4 is 15.2 Å². The zero-order valence-corrected chi connectivity index (χ0v) is 9.87. The van der Waals surface area contributed by atoms with E-state index in [4.69, 9.17) is 15.2 Å². The molecule has 0 radical (unpaired) electrons. The highest BCUT2D eigenvalue weighted by Gasteiger charge is 2.28. The van der Waals surface area contributed by atoms with Crippen molar-refractivity contribution >= 4 is 0 Å². The summed E-state index contributed by atoms with van der Waals surface area (Å²) in [5.41, 5.74) is 6.18. The third-order valence-electron chi connectivity index (χ3n) is 2.27. The van der Waals surface area contributed by atoms with Gasteiger partial charge in [0.2, 0.25) is 0 Å². The van der Waals surface area contributed by atoms with E-state index < -0.39 is 12.5 Å². The van der Waals surface area contributed by atoms with Crippen molar-refractivity contribution in [2.24, 2.45) is 5.73 Å². The first-order chi connectivity index (χ1) is 8.02. The van der Waals surface area contributed by atoms with Crippen molar-refractivity contribution in [3.8, 4) is 11.6 Å². The van der Waals surface area contributed by atoms with Crippen molar-refractivity contribution in [3.63, 3.8) is 0 Å². The van der Waals surface area contributed by atoms with Crippen LogP contribution in [0.25, 0.3) is 0 Å². The van der Waals surface area contributed by atoms with Gasteiger partial charge >= 0.3 is 0 Å². The SMILES string of the molecule is CCC(F)(F)COc1ncc(CN)cc1OC. The molecule has 1 heterocycles. The Morgan fingerprint density at radius 1 is 1.47 bits per heavy atom. The minimum Gasteiger partial charge on any atom is -0.491 e. The molecule has 1 rings (SSSR count). The van der Waals surface area contributed by atoms with Gasteiger partial charge in [-0.15, -0.1) is 0 Å². The van der Waals surface area contributed by atoms with Gasteiger partial charge in [0.05, 0.1) is 7.11 Å². The Morgan fingerprint density at radius 3 is 2.71 bits per heavy atom. The zero-order chi connectivity index (χ0) is 12.9. The normalized spacial score (nSPS) is 11.4. The average Bonchev–Trinajstić information content (AvgIpc) is 2.36. The lowest BCUT2D eigenvalue weighted by Crippen LogP contribution is -2.24. The van der Waals surface area contributed by atoms with E-state index in [1.54, 1.807) is 6.07 Å². The van der Waals surface area contributed by atoms with Crippen LogP contribution in [0.4, 0.5) is 8.78 Å². The number of methoxy groups -OCH3 is 1. The molecule has 17 heavy (non-hydrogen) atoms. The van der Waals surface area contributed by atoms with Gasteiger partial charge in [0.1, 0.15) is 0 Å². The molecule has 0 saturated heterocycles. The van der Waals surface area contributed by atoms with E-state index in [9.17, 15) is 8.78 Å². The second kappa shape index (κ2) is 5.77. The summed E-state index contributed by atoms with van der Waals surface area (Å²) < 4.78 is 36.0. The second-order valence-electron chi connectivity index (χ2n) is 3.55. The van der Waals surface area contributed by atoms with E-state index in [-0.39, 0.29) is 12.3 Å². The molecule has 1 aromatic heterocycles. The van der Waals surface area contributed by atoms with Crippen molar-refractivity contribution in [1.29, 1.82) is 0 Å². The number of alkyl halides is 2. The molecule has 0 spiro atoms.